The molecule has 94 valence electrons. The summed E-state index contributed by atoms with van der Waals surface area (Å²) >= 11 is 0. The molecule has 0 aromatic rings. The van der Waals surface area contributed by atoms with E-state index in [1.165, 1.54) is 33.0 Å². The van der Waals surface area contributed by atoms with Crippen molar-refractivity contribution >= 4 is 5.97 Å². The Hall–Kier alpha value is -0.570. The molecule has 1 aliphatic rings. The first kappa shape index (κ1) is 13.5. The van der Waals surface area contributed by atoms with Crippen molar-refractivity contribution in [2.75, 3.05) is 26.7 Å². The minimum Gasteiger partial charge on any atom is -0.469 e. The van der Waals surface area contributed by atoms with E-state index in [9.17, 15) is 4.79 Å². The smallest absolute Gasteiger partial charge is 0.305 e. The van der Waals surface area contributed by atoms with Crippen LogP contribution in [-0.2, 0) is 9.53 Å². The molecule has 1 saturated heterocycles. The molecule has 0 aromatic heterocycles. The Morgan fingerprint density at radius 2 is 2.00 bits per heavy atom. The molecule has 0 aliphatic carbocycles. The van der Waals surface area contributed by atoms with Crippen LogP contribution in [0, 0.1) is 11.8 Å². The fourth-order valence-electron chi connectivity index (χ4n) is 2.39. The Morgan fingerprint density at radius 1 is 1.38 bits per heavy atom. The normalized spacial score (nSPS) is 19.0. The summed E-state index contributed by atoms with van der Waals surface area (Å²) < 4.78 is 4.63. The van der Waals surface area contributed by atoms with Crippen molar-refractivity contribution in [1.82, 2.24) is 4.90 Å². The van der Waals surface area contributed by atoms with Gasteiger partial charge in [-0.2, -0.15) is 0 Å². The lowest BCUT2D eigenvalue weighted by molar-refractivity contribution is -0.140. The second kappa shape index (κ2) is 6.89. The number of ether oxygens (including phenoxy) is 1. The van der Waals surface area contributed by atoms with Crippen LogP contribution in [0.1, 0.15) is 39.5 Å². The van der Waals surface area contributed by atoms with Crippen LogP contribution >= 0.6 is 0 Å². The Balaban J connectivity index is 2.10. The van der Waals surface area contributed by atoms with Crippen LogP contribution in [0.5, 0.6) is 0 Å². The van der Waals surface area contributed by atoms with Gasteiger partial charge >= 0.3 is 5.97 Å². The average Bonchev–Trinajstić information content (AvgIpc) is 2.29. The molecule has 0 radical (unpaired) electrons. The van der Waals surface area contributed by atoms with Crippen LogP contribution in [-0.4, -0.2) is 37.6 Å². The Kier molecular flexibility index (Phi) is 5.81. The molecule has 1 heterocycles. The van der Waals surface area contributed by atoms with E-state index in [4.69, 9.17) is 0 Å². The Morgan fingerprint density at radius 3 is 2.50 bits per heavy atom. The van der Waals surface area contributed by atoms with Crippen LogP contribution in [0.3, 0.4) is 0 Å². The van der Waals surface area contributed by atoms with Gasteiger partial charge in [0.15, 0.2) is 0 Å². The number of piperidine rings is 1. The quantitative estimate of drug-likeness (QED) is 0.675. The van der Waals surface area contributed by atoms with Crippen LogP contribution in [0.15, 0.2) is 0 Å². The summed E-state index contributed by atoms with van der Waals surface area (Å²) in [4.78, 5) is 13.4. The maximum atomic E-state index is 11.0. The molecule has 3 nitrogen and oxygen atoms in total. The monoisotopic (exact) mass is 227 g/mol. The lowest BCUT2D eigenvalue weighted by atomic mass is 9.87. The maximum absolute atomic E-state index is 11.0. The van der Waals surface area contributed by atoms with E-state index in [1.807, 2.05) is 0 Å². The molecular weight excluding hydrogens is 202 g/mol. The van der Waals surface area contributed by atoms with Crippen molar-refractivity contribution in [3.63, 3.8) is 0 Å². The van der Waals surface area contributed by atoms with E-state index in [2.05, 4.69) is 23.5 Å². The number of nitrogens with zero attached hydrogens (tertiary/aromatic N) is 1. The van der Waals surface area contributed by atoms with E-state index in [0.29, 0.717) is 6.42 Å². The van der Waals surface area contributed by atoms with E-state index < -0.39 is 0 Å². The van der Waals surface area contributed by atoms with Gasteiger partial charge in [-0.1, -0.05) is 13.8 Å². The van der Waals surface area contributed by atoms with Gasteiger partial charge in [0.05, 0.1) is 7.11 Å². The molecule has 1 rings (SSSR count). The molecular formula is C13H25NO2. The third-order valence-electron chi connectivity index (χ3n) is 3.66. The highest BCUT2D eigenvalue weighted by Gasteiger charge is 2.21. The highest BCUT2D eigenvalue weighted by molar-refractivity contribution is 5.69. The molecule has 0 N–H and O–H groups in total. The largest absolute Gasteiger partial charge is 0.469 e. The van der Waals surface area contributed by atoms with Crippen LogP contribution in [0.25, 0.3) is 0 Å². The highest BCUT2D eigenvalue weighted by Crippen LogP contribution is 2.24. The number of hydrogen-bond acceptors (Lipinski definition) is 3. The van der Waals surface area contributed by atoms with E-state index >= 15 is 0 Å². The van der Waals surface area contributed by atoms with Crippen molar-refractivity contribution in [3.8, 4) is 0 Å². The number of likely N-dealkylation sites (tertiary alicyclic amines) is 1. The molecule has 1 fully saturated rings. The summed E-state index contributed by atoms with van der Waals surface area (Å²) in [5.41, 5.74) is 0. The summed E-state index contributed by atoms with van der Waals surface area (Å²) in [6.45, 7) is 8.07. The standard InChI is InChI=1S/C13H25NO2/c1-11(2)12-6-9-14(10-7-12)8-4-5-13(15)16-3/h11-12H,4-10H2,1-3H3. The number of esters is 1. The fraction of sp³-hybridized carbons (Fsp3) is 0.923. The van der Waals surface area contributed by atoms with Gasteiger partial charge < -0.3 is 9.64 Å². The maximum Gasteiger partial charge on any atom is 0.305 e. The van der Waals surface area contributed by atoms with Crippen LogP contribution in [0.2, 0.25) is 0 Å². The SMILES string of the molecule is COC(=O)CCCN1CCC(C(C)C)CC1. The predicted octanol–water partition coefficient (Wildman–Crippen LogP) is 2.31. The molecule has 0 spiro atoms. The molecule has 1 aliphatic heterocycles. The summed E-state index contributed by atoms with van der Waals surface area (Å²) in [6, 6.07) is 0. The summed E-state index contributed by atoms with van der Waals surface area (Å²) in [5, 5.41) is 0. The zero-order valence-corrected chi connectivity index (χ0v) is 10.9. The number of rotatable bonds is 5. The van der Waals surface area contributed by atoms with E-state index in [1.54, 1.807) is 0 Å². The second-order valence-corrected chi connectivity index (χ2v) is 5.10. The van der Waals surface area contributed by atoms with Gasteiger partial charge in [0, 0.05) is 6.42 Å². The zero-order chi connectivity index (χ0) is 12.0. The summed E-state index contributed by atoms with van der Waals surface area (Å²) in [6.07, 6.45) is 4.12. The van der Waals surface area contributed by atoms with Gasteiger partial charge in [-0.25, -0.2) is 0 Å². The highest BCUT2D eigenvalue weighted by atomic mass is 16.5. The van der Waals surface area contributed by atoms with Crippen molar-refractivity contribution < 1.29 is 9.53 Å². The molecule has 16 heavy (non-hydrogen) atoms. The average molecular weight is 227 g/mol. The second-order valence-electron chi connectivity index (χ2n) is 5.10. The third-order valence-corrected chi connectivity index (χ3v) is 3.66. The number of hydrogen-bond donors (Lipinski definition) is 0. The van der Waals surface area contributed by atoms with Crippen LogP contribution in [0.4, 0.5) is 0 Å². The van der Waals surface area contributed by atoms with Gasteiger partial charge in [0.2, 0.25) is 0 Å². The zero-order valence-electron chi connectivity index (χ0n) is 10.9. The van der Waals surface area contributed by atoms with E-state index in [0.717, 1.165) is 24.8 Å². The number of carbonyl (C=O) groups is 1. The minimum absolute atomic E-state index is 0.0860. The third kappa shape index (κ3) is 4.52. The fourth-order valence-corrected chi connectivity index (χ4v) is 2.39. The minimum atomic E-state index is -0.0860. The number of carbonyl (C=O) groups excluding carboxylic acids is 1. The lowest BCUT2D eigenvalue weighted by Crippen LogP contribution is -2.36. The molecule has 0 bridgehead atoms. The predicted molar refractivity (Wildman–Crippen MR) is 65.3 cm³/mol. The van der Waals surface area contributed by atoms with Gasteiger partial charge in [-0.15, -0.1) is 0 Å². The topological polar surface area (TPSA) is 29.5 Å². The van der Waals surface area contributed by atoms with Gasteiger partial charge in [0.25, 0.3) is 0 Å². The van der Waals surface area contributed by atoms with Crippen molar-refractivity contribution in [1.29, 1.82) is 0 Å². The van der Waals surface area contributed by atoms with E-state index in [-0.39, 0.29) is 5.97 Å². The van der Waals surface area contributed by atoms with Gasteiger partial charge in [0.1, 0.15) is 0 Å². The molecule has 0 saturated carbocycles. The molecule has 3 heteroatoms. The Bertz CT molecular complexity index is 208. The van der Waals surface area contributed by atoms with Gasteiger partial charge in [-0.05, 0) is 50.7 Å². The first-order chi connectivity index (χ1) is 7.63. The van der Waals surface area contributed by atoms with Crippen molar-refractivity contribution in [2.24, 2.45) is 11.8 Å². The Labute approximate surface area is 99.1 Å². The summed E-state index contributed by atoms with van der Waals surface area (Å²) in [7, 11) is 1.45. The number of methoxy groups -OCH3 is 1. The van der Waals surface area contributed by atoms with Crippen LogP contribution < -0.4 is 0 Å². The van der Waals surface area contributed by atoms with Gasteiger partial charge in [-0.3, -0.25) is 4.79 Å². The summed E-state index contributed by atoms with van der Waals surface area (Å²) in [5.74, 6) is 1.63. The molecule has 0 amide bonds. The molecule has 0 aromatic carbocycles. The molecule has 0 unspecified atom stereocenters. The lowest BCUT2D eigenvalue weighted by Gasteiger charge is -2.33. The van der Waals surface area contributed by atoms with Crippen molar-refractivity contribution in [3.05, 3.63) is 0 Å². The first-order valence-corrected chi connectivity index (χ1v) is 6.42. The molecule has 0 atom stereocenters. The van der Waals surface area contributed by atoms with Crippen molar-refractivity contribution in [2.45, 2.75) is 39.5 Å². The first-order valence-electron chi connectivity index (χ1n) is 6.42.